The number of hydrogen-bond donors (Lipinski definition) is 1. The maximum atomic E-state index is 12.4. The van der Waals surface area contributed by atoms with Gasteiger partial charge in [-0.1, -0.05) is 24.6 Å². The second-order valence-corrected chi connectivity index (χ2v) is 5.62. The predicted molar refractivity (Wildman–Crippen MR) is 77.6 cm³/mol. The number of ketones is 1. The van der Waals surface area contributed by atoms with E-state index in [0.29, 0.717) is 12.3 Å². The van der Waals surface area contributed by atoms with Gasteiger partial charge in [-0.3, -0.25) is 4.79 Å². The van der Waals surface area contributed by atoms with Gasteiger partial charge in [0.2, 0.25) is 0 Å². The Balaban J connectivity index is 1.68. The van der Waals surface area contributed by atoms with Gasteiger partial charge >= 0.3 is 0 Å². The zero-order valence-corrected chi connectivity index (χ0v) is 11.4. The van der Waals surface area contributed by atoms with E-state index in [1.165, 1.54) is 24.1 Å². The molecule has 0 radical (unpaired) electrons. The number of aryl methyl sites for hydroxylation is 1. The number of Topliss-reactive ketones (excluding diaryl/α,β-unsaturated/α-hetero) is 1. The molecule has 2 heterocycles. The highest BCUT2D eigenvalue weighted by Gasteiger charge is 2.24. The van der Waals surface area contributed by atoms with Crippen LogP contribution in [0, 0.1) is 0 Å². The Bertz CT molecular complexity index is 452. The van der Waals surface area contributed by atoms with E-state index in [1.807, 2.05) is 0 Å². The van der Waals surface area contributed by atoms with Crippen LogP contribution >= 0.6 is 0 Å². The van der Waals surface area contributed by atoms with Crippen LogP contribution in [0.4, 0.5) is 5.69 Å². The molecular weight excluding hydrogens is 236 g/mol. The van der Waals surface area contributed by atoms with E-state index in [4.69, 9.17) is 0 Å². The largest absolute Gasteiger partial charge is 0.364 e. The fourth-order valence-corrected chi connectivity index (χ4v) is 3.20. The number of rotatable bonds is 3. The number of benzene rings is 1. The van der Waals surface area contributed by atoms with Crippen LogP contribution in [0.25, 0.3) is 0 Å². The topological polar surface area (TPSA) is 32.3 Å². The van der Waals surface area contributed by atoms with Gasteiger partial charge in [-0.15, -0.1) is 0 Å². The molecule has 1 N–H and O–H groups in total. The minimum absolute atomic E-state index is 0.0860. The van der Waals surface area contributed by atoms with Crippen LogP contribution in [-0.4, -0.2) is 31.5 Å². The van der Waals surface area contributed by atoms with E-state index in [9.17, 15) is 4.79 Å². The lowest BCUT2D eigenvalue weighted by Crippen LogP contribution is -2.46. The summed E-state index contributed by atoms with van der Waals surface area (Å²) in [4.78, 5) is 14.6. The van der Waals surface area contributed by atoms with Gasteiger partial charge in [0.25, 0.3) is 0 Å². The number of piperidine rings is 1. The average molecular weight is 258 g/mol. The van der Waals surface area contributed by atoms with Crippen LogP contribution in [0.1, 0.15) is 31.2 Å². The van der Waals surface area contributed by atoms with E-state index in [1.54, 1.807) is 0 Å². The van der Waals surface area contributed by atoms with Crippen LogP contribution in [0.3, 0.4) is 0 Å². The molecule has 102 valence electrons. The molecule has 1 saturated heterocycles. The maximum absolute atomic E-state index is 12.4. The second kappa shape index (κ2) is 5.74. The Labute approximate surface area is 115 Å². The third-order valence-electron chi connectivity index (χ3n) is 4.25. The molecule has 19 heavy (non-hydrogen) atoms. The molecule has 1 aromatic carbocycles. The highest BCUT2D eigenvalue weighted by Crippen LogP contribution is 2.26. The summed E-state index contributed by atoms with van der Waals surface area (Å²) >= 11 is 0. The van der Waals surface area contributed by atoms with Crippen molar-refractivity contribution in [2.45, 2.75) is 38.1 Å². The Kier molecular flexibility index (Phi) is 3.83. The van der Waals surface area contributed by atoms with Crippen LogP contribution in [0.15, 0.2) is 24.3 Å². The van der Waals surface area contributed by atoms with E-state index in [2.05, 4.69) is 34.5 Å². The summed E-state index contributed by atoms with van der Waals surface area (Å²) in [6, 6.07) is 8.58. The fraction of sp³-hybridized carbons (Fsp3) is 0.562. The minimum Gasteiger partial charge on any atom is -0.364 e. The van der Waals surface area contributed by atoms with Gasteiger partial charge in [-0.05, 0) is 43.9 Å². The lowest BCUT2D eigenvalue weighted by atomic mass is 9.98. The number of carbonyl (C=O) groups is 1. The number of para-hydroxylation sites is 1. The van der Waals surface area contributed by atoms with Crippen molar-refractivity contribution in [2.75, 3.05) is 24.5 Å². The summed E-state index contributed by atoms with van der Waals surface area (Å²) in [5.74, 6) is 0.358. The smallest absolute Gasteiger partial charge is 0.168 e. The van der Waals surface area contributed by atoms with Crippen LogP contribution in [0.2, 0.25) is 0 Å². The number of anilines is 1. The molecule has 0 saturated carbocycles. The molecule has 3 nitrogen and oxygen atoms in total. The van der Waals surface area contributed by atoms with E-state index < -0.39 is 0 Å². The van der Waals surface area contributed by atoms with Crippen LogP contribution in [-0.2, 0) is 11.2 Å². The van der Waals surface area contributed by atoms with Crippen molar-refractivity contribution in [3.8, 4) is 0 Å². The minimum atomic E-state index is 0.0860. The molecule has 1 aromatic rings. The van der Waals surface area contributed by atoms with Gasteiger partial charge in [0.1, 0.15) is 0 Å². The molecule has 1 atom stereocenters. The Morgan fingerprint density at radius 3 is 3.00 bits per heavy atom. The summed E-state index contributed by atoms with van der Waals surface area (Å²) in [6.07, 6.45) is 5.69. The Hall–Kier alpha value is -1.35. The molecule has 2 aliphatic heterocycles. The number of carbonyl (C=O) groups excluding carboxylic acids is 1. The first-order valence-corrected chi connectivity index (χ1v) is 7.43. The molecular formula is C16H22N2O. The van der Waals surface area contributed by atoms with E-state index in [-0.39, 0.29) is 6.04 Å². The first kappa shape index (κ1) is 12.7. The Morgan fingerprint density at radius 1 is 1.26 bits per heavy atom. The number of nitrogens with zero attached hydrogens (tertiary/aromatic N) is 1. The van der Waals surface area contributed by atoms with Gasteiger partial charge in [-0.2, -0.15) is 0 Å². The lowest BCUT2D eigenvalue weighted by Gasteiger charge is -2.32. The average Bonchev–Trinajstić information content (AvgIpc) is 2.48. The van der Waals surface area contributed by atoms with Gasteiger partial charge in [0.15, 0.2) is 5.78 Å². The highest BCUT2D eigenvalue weighted by molar-refractivity contribution is 5.88. The number of fused-ring (bicyclic) bond motifs is 1. The van der Waals surface area contributed by atoms with Crippen molar-refractivity contribution in [3.05, 3.63) is 29.8 Å². The molecule has 0 amide bonds. The summed E-state index contributed by atoms with van der Waals surface area (Å²) in [5, 5.41) is 3.36. The molecule has 0 aliphatic carbocycles. The summed E-state index contributed by atoms with van der Waals surface area (Å²) < 4.78 is 0. The quantitative estimate of drug-likeness (QED) is 0.901. The first-order chi connectivity index (χ1) is 9.34. The maximum Gasteiger partial charge on any atom is 0.168 e. The summed E-state index contributed by atoms with van der Waals surface area (Å²) in [5.41, 5.74) is 2.65. The third-order valence-corrected chi connectivity index (χ3v) is 4.25. The molecule has 0 spiro atoms. The fourth-order valence-electron chi connectivity index (χ4n) is 3.20. The van der Waals surface area contributed by atoms with E-state index >= 15 is 0 Å². The SMILES string of the molecule is O=C(CN1CCCc2ccccc21)C1CCCCN1. The molecule has 2 aliphatic rings. The molecule has 3 rings (SSSR count). The second-order valence-electron chi connectivity index (χ2n) is 5.62. The summed E-state index contributed by atoms with van der Waals surface area (Å²) in [6.45, 7) is 2.57. The number of hydrogen-bond acceptors (Lipinski definition) is 3. The van der Waals surface area contributed by atoms with Gasteiger partial charge in [0, 0.05) is 12.2 Å². The van der Waals surface area contributed by atoms with Crippen molar-refractivity contribution in [1.29, 1.82) is 0 Å². The van der Waals surface area contributed by atoms with E-state index in [0.717, 1.165) is 32.4 Å². The van der Waals surface area contributed by atoms with Crippen molar-refractivity contribution >= 4 is 11.5 Å². The summed E-state index contributed by atoms with van der Waals surface area (Å²) in [7, 11) is 0. The van der Waals surface area contributed by atoms with Gasteiger partial charge in [0.05, 0.1) is 12.6 Å². The van der Waals surface area contributed by atoms with Crippen LogP contribution in [0.5, 0.6) is 0 Å². The number of nitrogens with one attached hydrogen (secondary N) is 1. The van der Waals surface area contributed by atoms with Crippen LogP contribution < -0.4 is 10.2 Å². The highest BCUT2D eigenvalue weighted by atomic mass is 16.1. The monoisotopic (exact) mass is 258 g/mol. The normalized spacial score (nSPS) is 22.9. The van der Waals surface area contributed by atoms with Gasteiger partial charge in [-0.25, -0.2) is 0 Å². The lowest BCUT2D eigenvalue weighted by molar-refractivity contribution is -0.120. The molecule has 3 heteroatoms. The third kappa shape index (κ3) is 2.81. The molecule has 0 bridgehead atoms. The zero-order valence-electron chi connectivity index (χ0n) is 11.4. The molecule has 0 aromatic heterocycles. The van der Waals surface area contributed by atoms with Crippen molar-refractivity contribution in [2.24, 2.45) is 0 Å². The van der Waals surface area contributed by atoms with Crippen molar-refractivity contribution < 1.29 is 4.79 Å². The van der Waals surface area contributed by atoms with Crippen molar-refractivity contribution in [1.82, 2.24) is 5.32 Å². The van der Waals surface area contributed by atoms with Crippen molar-refractivity contribution in [3.63, 3.8) is 0 Å². The first-order valence-electron chi connectivity index (χ1n) is 7.43. The van der Waals surface area contributed by atoms with Gasteiger partial charge < -0.3 is 10.2 Å². The molecule has 1 unspecified atom stereocenters. The predicted octanol–water partition coefficient (Wildman–Crippen LogP) is 2.15. The molecule has 1 fully saturated rings. The zero-order chi connectivity index (χ0) is 13.1. The standard InChI is InChI=1S/C16H22N2O/c19-16(14-8-3-4-10-17-14)12-18-11-5-7-13-6-1-2-9-15(13)18/h1-2,6,9,14,17H,3-5,7-8,10-12H2. The Morgan fingerprint density at radius 2 is 2.16 bits per heavy atom.